The first-order valence-electron chi connectivity index (χ1n) is 6.83. The summed E-state index contributed by atoms with van der Waals surface area (Å²) in [7, 11) is 0. The van der Waals surface area contributed by atoms with Gasteiger partial charge in [-0.25, -0.2) is 0 Å². The van der Waals surface area contributed by atoms with Crippen molar-refractivity contribution >= 4 is 5.91 Å². The van der Waals surface area contributed by atoms with Crippen molar-refractivity contribution in [3.8, 4) is 0 Å². The maximum absolute atomic E-state index is 12.3. The van der Waals surface area contributed by atoms with E-state index in [0.29, 0.717) is 18.0 Å². The number of hydrogen-bond acceptors (Lipinski definition) is 4. The number of piperazine rings is 1. The first-order chi connectivity index (χ1) is 9.11. The molecule has 0 saturated carbocycles. The molecule has 3 N–H and O–H groups in total. The van der Waals surface area contributed by atoms with Gasteiger partial charge in [0.2, 0.25) is 0 Å². The molecule has 0 aromatic carbocycles. The van der Waals surface area contributed by atoms with Crippen LogP contribution in [-0.4, -0.2) is 65.2 Å². The van der Waals surface area contributed by atoms with Gasteiger partial charge in [-0.05, 0) is 19.4 Å². The lowest BCUT2D eigenvalue weighted by Gasteiger charge is -2.35. The molecule has 0 aliphatic carbocycles. The van der Waals surface area contributed by atoms with E-state index in [1.165, 1.54) is 0 Å². The van der Waals surface area contributed by atoms with E-state index in [-0.39, 0.29) is 5.91 Å². The zero-order valence-corrected chi connectivity index (χ0v) is 11.7. The fraction of sp³-hybridized carbons (Fsp3) is 0.692. The van der Waals surface area contributed by atoms with E-state index in [1.54, 1.807) is 6.20 Å². The van der Waals surface area contributed by atoms with Crippen LogP contribution in [-0.2, 0) is 0 Å². The van der Waals surface area contributed by atoms with Gasteiger partial charge < -0.3 is 10.6 Å². The highest BCUT2D eigenvalue weighted by atomic mass is 16.2. The van der Waals surface area contributed by atoms with Gasteiger partial charge >= 0.3 is 0 Å². The van der Waals surface area contributed by atoms with Gasteiger partial charge in [-0.3, -0.25) is 14.8 Å². The van der Waals surface area contributed by atoms with E-state index in [4.69, 9.17) is 5.73 Å². The number of H-pyrrole nitrogens is 1. The fourth-order valence-electron chi connectivity index (χ4n) is 2.39. The third kappa shape index (κ3) is 3.33. The molecule has 1 aliphatic heterocycles. The molecule has 1 saturated heterocycles. The summed E-state index contributed by atoms with van der Waals surface area (Å²) in [4.78, 5) is 16.6. The van der Waals surface area contributed by atoms with Crippen LogP contribution in [0.5, 0.6) is 0 Å². The Balaban J connectivity index is 1.86. The molecule has 1 atom stereocenters. The quantitative estimate of drug-likeness (QED) is 0.807. The van der Waals surface area contributed by atoms with Crippen molar-refractivity contribution in [2.45, 2.75) is 13.8 Å². The second-order valence-electron chi connectivity index (χ2n) is 5.34. The second-order valence-corrected chi connectivity index (χ2v) is 5.34. The Bertz CT molecular complexity index is 422. The fourth-order valence-corrected chi connectivity index (χ4v) is 2.39. The molecule has 2 heterocycles. The maximum Gasteiger partial charge on any atom is 0.257 e. The van der Waals surface area contributed by atoms with Crippen molar-refractivity contribution in [2.75, 3.05) is 39.3 Å². The highest BCUT2D eigenvalue weighted by Gasteiger charge is 2.24. The third-order valence-corrected chi connectivity index (χ3v) is 3.69. The number of aromatic amines is 1. The number of nitrogens with one attached hydrogen (secondary N) is 1. The van der Waals surface area contributed by atoms with Gasteiger partial charge in [0.1, 0.15) is 0 Å². The van der Waals surface area contributed by atoms with E-state index in [0.717, 1.165) is 38.4 Å². The molecule has 1 fully saturated rings. The van der Waals surface area contributed by atoms with Gasteiger partial charge in [0.25, 0.3) is 5.91 Å². The Labute approximate surface area is 113 Å². The summed E-state index contributed by atoms with van der Waals surface area (Å²) in [5, 5.41) is 6.72. The maximum atomic E-state index is 12.3. The summed E-state index contributed by atoms with van der Waals surface area (Å²) in [6.45, 7) is 9.17. The van der Waals surface area contributed by atoms with Gasteiger partial charge in [0, 0.05) is 38.4 Å². The minimum atomic E-state index is 0.0813. The van der Waals surface area contributed by atoms with Crippen LogP contribution < -0.4 is 5.73 Å². The van der Waals surface area contributed by atoms with Crippen LogP contribution in [0.1, 0.15) is 23.0 Å². The first kappa shape index (κ1) is 14.0. The Kier molecular flexibility index (Phi) is 4.55. The number of hydrogen-bond donors (Lipinski definition) is 2. The molecule has 0 spiro atoms. The first-order valence-corrected chi connectivity index (χ1v) is 6.83. The lowest BCUT2D eigenvalue weighted by molar-refractivity contribution is 0.0621. The lowest BCUT2D eigenvalue weighted by atomic mass is 10.1. The lowest BCUT2D eigenvalue weighted by Crippen LogP contribution is -2.50. The molecule has 2 rings (SSSR count). The summed E-state index contributed by atoms with van der Waals surface area (Å²) in [5.41, 5.74) is 7.17. The van der Waals surface area contributed by atoms with Crippen molar-refractivity contribution in [3.05, 3.63) is 17.5 Å². The normalized spacial score (nSPS) is 18.6. The van der Waals surface area contributed by atoms with E-state index < -0.39 is 0 Å². The van der Waals surface area contributed by atoms with Crippen molar-refractivity contribution < 1.29 is 4.79 Å². The van der Waals surface area contributed by atoms with Crippen LogP contribution in [0.3, 0.4) is 0 Å². The van der Waals surface area contributed by atoms with E-state index in [2.05, 4.69) is 22.0 Å². The summed E-state index contributed by atoms with van der Waals surface area (Å²) in [6.07, 6.45) is 1.61. The van der Waals surface area contributed by atoms with Gasteiger partial charge in [0.05, 0.1) is 11.8 Å². The van der Waals surface area contributed by atoms with Crippen molar-refractivity contribution in [2.24, 2.45) is 11.7 Å². The number of amides is 1. The van der Waals surface area contributed by atoms with Gasteiger partial charge in [-0.2, -0.15) is 5.10 Å². The predicted octanol–water partition coefficient (Wildman–Crippen LogP) is 0.0707. The van der Waals surface area contributed by atoms with Crippen LogP contribution in [0.4, 0.5) is 0 Å². The van der Waals surface area contributed by atoms with Crippen LogP contribution >= 0.6 is 0 Å². The van der Waals surface area contributed by atoms with Crippen LogP contribution in [0, 0.1) is 12.8 Å². The van der Waals surface area contributed by atoms with E-state index >= 15 is 0 Å². The number of nitrogens with zero attached hydrogens (tertiary/aromatic N) is 3. The summed E-state index contributed by atoms with van der Waals surface area (Å²) < 4.78 is 0. The number of carbonyl (C=O) groups excluding carboxylic acids is 1. The van der Waals surface area contributed by atoms with Gasteiger partial charge in [-0.1, -0.05) is 6.92 Å². The monoisotopic (exact) mass is 265 g/mol. The SMILES string of the molecule is Cc1[nH]ncc1C(=O)N1CCN(CC(C)CN)CC1. The second kappa shape index (κ2) is 6.16. The molecule has 0 radical (unpaired) electrons. The van der Waals surface area contributed by atoms with Crippen molar-refractivity contribution in [3.63, 3.8) is 0 Å². The minimum absolute atomic E-state index is 0.0813. The summed E-state index contributed by atoms with van der Waals surface area (Å²) in [5.74, 6) is 0.594. The number of aryl methyl sites for hydroxylation is 1. The highest BCUT2D eigenvalue weighted by molar-refractivity contribution is 5.95. The largest absolute Gasteiger partial charge is 0.336 e. The molecular formula is C13H23N5O. The molecule has 0 bridgehead atoms. The Morgan fingerprint density at radius 3 is 2.68 bits per heavy atom. The number of rotatable bonds is 4. The number of carbonyl (C=O) groups is 1. The average molecular weight is 265 g/mol. The summed E-state index contributed by atoms with van der Waals surface area (Å²) >= 11 is 0. The molecule has 1 unspecified atom stereocenters. The summed E-state index contributed by atoms with van der Waals surface area (Å²) in [6, 6.07) is 0. The van der Waals surface area contributed by atoms with E-state index in [1.807, 2.05) is 11.8 Å². The van der Waals surface area contributed by atoms with Crippen LogP contribution in [0.25, 0.3) is 0 Å². The smallest absolute Gasteiger partial charge is 0.257 e. The highest BCUT2D eigenvalue weighted by Crippen LogP contribution is 2.11. The molecule has 1 aliphatic rings. The zero-order chi connectivity index (χ0) is 13.8. The number of nitrogens with two attached hydrogens (primary N) is 1. The Hall–Kier alpha value is -1.40. The average Bonchev–Trinajstić information content (AvgIpc) is 2.85. The number of aromatic nitrogens is 2. The molecule has 1 aromatic heterocycles. The standard InChI is InChI=1S/C13H23N5O/c1-10(7-14)9-17-3-5-18(6-4-17)13(19)12-8-15-16-11(12)2/h8,10H,3-7,9,14H2,1-2H3,(H,15,16). The topological polar surface area (TPSA) is 78.2 Å². The predicted molar refractivity (Wildman–Crippen MR) is 73.9 cm³/mol. The van der Waals surface area contributed by atoms with Gasteiger partial charge in [0.15, 0.2) is 0 Å². The van der Waals surface area contributed by atoms with Crippen molar-refractivity contribution in [1.29, 1.82) is 0 Å². The molecule has 1 amide bonds. The van der Waals surface area contributed by atoms with Crippen molar-refractivity contribution in [1.82, 2.24) is 20.0 Å². The molecule has 106 valence electrons. The molecular weight excluding hydrogens is 242 g/mol. The van der Waals surface area contributed by atoms with Crippen LogP contribution in [0.2, 0.25) is 0 Å². The molecule has 6 heteroatoms. The van der Waals surface area contributed by atoms with E-state index in [9.17, 15) is 4.79 Å². The Morgan fingerprint density at radius 1 is 1.47 bits per heavy atom. The Morgan fingerprint density at radius 2 is 2.16 bits per heavy atom. The van der Waals surface area contributed by atoms with Crippen LogP contribution in [0.15, 0.2) is 6.20 Å². The minimum Gasteiger partial charge on any atom is -0.336 e. The molecule has 1 aromatic rings. The third-order valence-electron chi connectivity index (χ3n) is 3.69. The molecule has 6 nitrogen and oxygen atoms in total. The van der Waals surface area contributed by atoms with Gasteiger partial charge in [-0.15, -0.1) is 0 Å². The molecule has 19 heavy (non-hydrogen) atoms. The zero-order valence-electron chi connectivity index (χ0n) is 11.7.